The van der Waals surface area contributed by atoms with Crippen molar-refractivity contribution in [2.75, 3.05) is 6.61 Å². The SMILES string of the molecule is CCOC1CC(NCc2ccc3nc[nH]c3c2)C1n1cccn1. The molecule has 6 nitrogen and oxygen atoms in total. The molecule has 1 aliphatic carbocycles. The molecule has 4 rings (SSSR count). The summed E-state index contributed by atoms with van der Waals surface area (Å²) in [5.74, 6) is 0. The monoisotopic (exact) mass is 311 g/mol. The van der Waals surface area contributed by atoms with Gasteiger partial charge in [-0.25, -0.2) is 4.98 Å². The number of nitrogens with one attached hydrogen (secondary N) is 2. The number of aromatic amines is 1. The first kappa shape index (κ1) is 14.4. The third kappa shape index (κ3) is 2.75. The van der Waals surface area contributed by atoms with Gasteiger partial charge in [0.25, 0.3) is 0 Å². The number of aromatic nitrogens is 4. The number of fused-ring (bicyclic) bond motifs is 1. The molecule has 1 aliphatic rings. The molecule has 1 fully saturated rings. The maximum atomic E-state index is 5.83. The van der Waals surface area contributed by atoms with Crippen LogP contribution in [-0.4, -0.2) is 38.5 Å². The summed E-state index contributed by atoms with van der Waals surface area (Å²) in [6, 6.07) is 8.93. The molecule has 0 aliphatic heterocycles. The van der Waals surface area contributed by atoms with E-state index in [2.05, 4.69) is 38.6 Å². The second-order valence-electron chi connectivity index (χ2n) is 5.95. The highest BCUT2D eigenvalue weighted by Gasteiger charge is 2.43. The van der Waals surface area contributed by atoms with E-state index in [-0.39, 0.29) is 12.1 Å². The molecule has 3 aromatic rings. The van der Waals surface area contributed by atoms with Crippen LogP contribution in [0.25, 0.3) is 11.0 Å². The van der Waals surface area contributed by atoms with Gasteiger partial charge in [0.05, 0.1) is 29.5 Å². The van der Waals surface area contributed by atoms with Gasteiger partial charge in [-0.1, -0.05) is 6.07 Å². The molecule has 2 aromatic heterocycles. The molecule has 23 heavy (non-hydrogen) atoms. The van der Waals surface area contributed by atoms with Crippen molar-refractivity contribution < 1.29 is 4.74 Å². The molecule has 6 heteroatoms. The molecule has 3 unspecified atom stereocenters. The molecule has 1 aromatic carbocycles. The third-order valence-corrected chi connectivity index (χ3v) is 4.54. The zero-order valence-electron chi connectivity index (χ0n) is 13.1. The Balaban J connectivity index is 1.43. The standard InChI is InChI=1S/C17H21N5O/c1-2-23-16-9-15(17(16)22-7-3-6-21-22)18-10-12-4-5-13-14(8-12)20-11-19-13/h3-8,11,15-18H,2,9-10H2,1H3,(H,19,20). The first-order valence-electron chi connectivity index (χ1n) is 8.11. The van der Waals surface area contributed by atoms with Crippen molar-refractivity contribution in [2.24, 2.45) is 0 Å². The highest BCUT2D eigenvalue weighted by molar-refractivity contribution is 5.74. The Bertz CT molecular complexity index is 766. The Labute approximate surface area is 134 Å². The van der Waals surface area contributed by atoms with Gasteiger partial charge in [-0.05, 0) is 37.1 Å². The van der Waals surface area contributed by atoms with Crippen LogP contribution in [0.4, 0.5) is 0 Å². The first-order valence-corrected chi connectivity index (χ1v) is 8.11. The molecule has 0 spiro atoms. The van der Waals surface area contributed by atoms with Crippen LogP contribution in [0.1, 0.15) is 24.9 Å². The fourth-order valence-corrected chi connectivity index (χ4v) is 3.33. The summed E-state index contributed by atoms with van der Waals surface area (Å²) in [4.78, 5) is 7.41. The van der Waals surface area contributed by atoms with Crippen molar-refractivity contribution >= 4 is 11.0 Å². The third-order valence-electron chi connectivity index (χ3n) is 4.54. The Kier molecular flexibility index (Phi) is 3.85. The van der Waals surface area contributed by atoms with E-state index in [1.165, 1.54) is 5.56 Å². The highest BCUT2D eigenvalue weighted by Crippen LogP contribution is 2.35. The van der Waals surface area contributed by atoms with Crippen LogP contribution in [-0.2, 0) is 11.3 Å². The zero-order chi connectivity index (χ0) is 15.6. The van der Waals surface area contributed by atoms with Crippen LogP contribution in [0.5, 0.6) is 0 Å². The van der Waals surface area contributed by atoms with Crippen molar-refractivity contribution in [1.82, 2.24) is 25.1 Å². The van der Waals surface area contributed by atoms with E-state index in [0.29, 0.717) is 6.04 Å². The predicted molar refractivity (Wildman–Crippen MR) is 88.0 cm³/mol. The quantitative estimate of drug-likeness (QED) is 0.733. The molecule has 120 valence electrons. The van der Waals surface area contributed by atoms with E-state index in [1.807, 2.05) is 30.1 Å². The minimum atomic E-state index is 0.243. The van der Waals surface area contributed by atoms with Gasteiger partial charge in [0, 0.05) is 31.6 Å². The van der Waals surface area contributed by atoms with E-state index in [4.69, 9.17) is 4.74 Å². The van der Waals surface area contributed by atoms with E-state index < -0.39 is 0 Å². The predicted octanol–water partition coefficient (Wildman–Crippen LogP) is 2.27. The normalized spacial score (nSPS) is 24.0. The Hall–Kier alpha value is -2.18. The molecule has 0 bridgehead atoms. The summed E-state index contributed by atoms with van der Waals surface area (Å²) >= 11 is 0. The number of hydrogen-bond donors (Lipinski definition) is 2. The van der Waals surface area contributed by atoms with Gasteiger partial charge >= 0.3 is 0 Å². The minimum absolute atomic E-state index is 0.243. The maximum absolute atomic E-state index is 5.83. The Morgan fingerprint density at radius 2 is 2.39 bits per heavy atom. The molecule has 2 heterocycles. The summed E-state index contributed by atoms with van der Waals surface area (Å²) in [5, 5.41) is 8.04. The smallest absolute Gasteiger partial charge is 0.0934 e. The summed E-state index contributed by atoms with van der Waals surface area (Å²) in [6.45, 7) is 3.61. The van der Waals surface area contributed by atoms with Crippen molar-refractivity contribution in [2.45, 2.75) is 38.1 Å². The number of ether oxygens (including phenoxy) is 1. The minimum Gasteiger partial charge on any atom is -0.376 e. The number of imidazole rings is 1. The first-order chi connectivity index (χ1) is 11.3. The van der Waals surface area contributed by atoms with Crippen molar-refractivity contribution in [3.05, 3.63) is 48.5 Å². The number of hydrogen-bond acceptors (Lipinski definition) is 4. The van der Waals surface area contributed by atoms with Gasteiger partial charge in [0.1, 0.15) is 0 Å². The lowest BCUT2D eigenvalue weighted by Crippen LogP contribution is -2.55. The Morgan fingerprint density at radius 1 is 1.43 bits per heavy atom. The highest BCUT2D eigenvalue weighted by atomic mass is 16.5. The average Bonchev–Trinajstić information content (AvgIpc) is 3.20. The van der Waals surface area contributed by atoms with E-state index in [0.717, 1.165) is 30.6 Å². The summed E-state index contributed by atoms with van der Waals surface area (Å²) in [6.07, 6.45) is 6.83. The Morgan fingerprint density at radius 3 is 3.22 bits per heavy atom. The van der Waals surface area contributed by atoms with E-state index >= 15 is 0 Å². The molecule has 2 N–H and O–H groups in total. The van der Waals surface area contributed by atoms with E-state index in [9.17, 15) is 0 Å². The average molecular weight is 311 g/mol. The lowest BCUT2D eigenvalue weighted by Gasteiger charge is -2.44. The second kappa shape index (κ2) is 6.14. The fraction of sp³-hybridized carbons (Fsp3) is 0.412. The second-order valence-corrected chi connectivity index (χ2v) is 5.95. The van der Waals surface area contributed by atoms with Crippen LogP contribution < -0.4 is 5.32 Å². The van der Waals surface area contributed by atoms with Crippen LogP contribution in [0.2, 0.25) is 0 Å². The zero-order valence-corrected chi connectivity index (χ0v) is 13.1. The van der Waals surface area contributed by atoms with Gasteiger partial charge in [-0.3, -0.25) is 4.68 Å². The van der Waals surface area contributed by atoms with Crippen LogP contribution >= 0.6 is 0 Å². The van der Waals surface area contributed by atoms with Crippen LogP contribution in [0.3, 0.4) is 0 Å². The van der Waals surface area contributed by atoms with Crippen LogP contribution in [0.15, 0.2) is 43.0 Å². The summed E-state index contributed by atoms with van der Waals surface area (Å²) in [5.41, 5.74) is 3.33. The molecule has 0 saturated heterocycles. The van der Waals surface area contributed by atoms with Gasteiger partial charge in [0.2, 0.25) is 0 Å². The van der Waals surface area contributed by atoms with Gasteiger partial charge in [-0.15, -0.1) is 0 Å². The van der Waals surface area contributed by atoms with Crippen LogP contribution in [0, 0.1) is 0 Å². The van der Waals surface area contributed by atoms with Crippen molar-refractivity contribution in [1.29, 1.82) is 0 Å². The van der Waals surface area contributed by atoms with Gasteiger partial charge in [0.15, 0.2) is 0 Å². The summed E-state index contributed by atoms with van der Waals surface area (Å²) < 4.78 is 7.84. The van der Waals surface area contributed by atoms with Crippen molar-refractivity contribution in [3.8, 4) is 0 Å². The molecule has 0 amide bonds. The summed E-state index contributed by atoms with van der Waals surface area (Å²) in [7, 11) is 0. The number of rotatable bonds is 6. The molecular weight excluding hydrogens is 290 g/mol. The van der Waals surface area contributed by atoms with Gasteiger partial charge in [-0.2, -0.15) is 5.10 Å². The molecular formula is C17H21N5O. The van der Waals surface area contributed by atoms with E-state index in [1.54, 1.807) is 6.33 Å². The molecule has 1 saturated carbocycles. The lowest BCUT2D eigenvalue weighted by molar-refractivity contribution is -0.0610. The topological polar surface area (TPSA) is 67.8 Å². The largest absolute Gasteiger partial charge is 0.376 e. The van der Waals surface area contributed by atoms with Gasteiger partial charge < -0.3 is 15.0 Å². The lowest BCUT2D eigenvalue weighted by atomic mass is 9.82. The van der Waals surface area contributed by atoms with Crippen molar-refractivity contribution in [3.63, 3.8) is 0 Å². The number of benzene rings is 1. The molecule has 3 atom stereocenters. The fourth-order valence-electron chi connectivity index (χ4n) is 3.33. The number of H-pyrrole nitrogens is 1. The molecule has 0 radical (unpaired) electrons. The maximum Gasteiger partial charge on any atom is 0.0934 e. The number of nitrogens with zero attached hydrogens (tertiary/aromatic N) is 3.